The van der Waals surface area contributed by atoms with Crippen molar-refractivity contribution in [3.05, 3.63) is 218 Å². The molecule has 298 valence electrons. The summed E-state index contributed by atoms with van der Waals surface area (Å²) in [6.07, 6.45) is 0. The van der Waals surface area contributed by atoms with Gasteiger partial charge in [0.15, 0.2) is 0 Å². The van der Waals surface area contributed by atoms with Gasteiger partial charge in [0.25, 0.3) is 0 Å². The molecule has 0 unspecified atom stereocenters. The van der Waals surface area contributed by atoms with Crippen molar-refractivity contribution in [3.8, 4) is 39.6 Å². The Labute approximate surface area is 389 Å². The van der Waals surface area contributed by atoms with E-state index in [1.165, 1.54) is 15.2 Å². The molecule has 5 aromatic heterocycles. The van der Waals surface area contributed by atoms with Crippen molar-refractivity contribution >= 4 is 87.4 Å². The second kappa shape index (κ2) is 13.4. The van der Waals surface area contributed by atoms with E-state index in [1.807, 2.05) is 109 Å². The summed E-state index contributed by atoms with van der Waals surface area (Å²) in [5, 5.41) is 2.63. The number of para-hydroxylation sites is 8. The van der Waals surface area contributed by atoms with Gasteiger partial charge in [-0.2, -0.15) is 0 Å². The van der Waals surface area contributed by atoms with Gasteiger partial charge in [-0.1, -0.05) is 157 Å². The molecule has 14 rings (SSSR count). The van der Waals surface area contributed by atoms with Gasteiger partial charge < -0.3 is 13.6 Å². The number of furan rings is 1. The van der Waals surface area contributed by atoms with Crippen molar-refractivity contribution in [2.45, 2.75) is 0 Å². The molecular weight excluding hydrogens is 781 g/mol. The number of benzene rings is 9. The summed E-state index contributed by atoms with van der Waals surface area (Å²) < 4.78 is 158. The predicted octanol–water partition coefficient (Wildman–Crippen LogP) is 15.6. The maximum atomic E-state index is 9.53. The number of nitrogens with zero attached hydrogens (tertiary/aromatic N) is 4. The van der Waals surface area contributed by atoms with Crippen molar-refractivity contribution in [2.24, 2.45) is 0 Å². The molecule has 0 spiro atoms. The molecule has 0 bridgehead atoms. The van der Waals surface area contributed by atoms with E-state index in [2.05, 4.69) is 4.57 Å². The van der Waals surface area contributed by atoms with Gasteiger partial charge in [-0.15, -0.1) is 0 Å². The van der Waals surface area contributed by atoms with E-state index in [1.54, 1.807) is 6.07 Å². The fourth-order valence-electron chi connectivity index (χ4n) is 9.56. The third-order valence-electron chi connectivity index (χ3n) is 12.2. The van der Waals surface area contributed by atoms with Crippen LogP contribution < -0.4 is 0 Å². The number of pyridine rings is 1. The third kappa shape index (κ3) is 4.92. The monoisotopic (exact) mass is 832 g/mol. The maximum Gasteiger partial charge on any atom is 0.143 e. The Balaban J connectivity index is 1.25. The Hall–Kier alpha value is -8.67. The molecule has 9 aromatic carbocycles. The highest BCUT2D eigenvalue weighted by Crippen LogP contribution is 2.45. The van der Waals surface area contributed by atoms with Crippen LogP contribution in [0.3, 0.4) is 0 Å². The van der Waals surface area contributed by atoms with Crippen LogP contribution >= 0.6 is 0 Å². The molecular formula is C59H36N4O. The smallest absolute Gasteiger partial charge is 0.143 e. The standard InChI is InChI=1S/C59H36N4O/c1-8-27-49-38(17-1)39-18-2-9-28-50(39)61(49)37-35-48(60-57(36-37)63-53-31-12-5-21-42(53)43-22-6-13-32-54(43)63)58-45(47-26-15-25-46-44-23-7-14-34-56(44)64-59(46)47)24-16-33-55(58)62-51-29-10-3-19-40(51)41-20-4-11-30-52(41)62/h1-36H/i1D,2D,5D,6D,8D,9D,12D,13D,17D,18D,21D,22D,27D,28D,31D,32D. The molecule has 0 N–H and O–H groups in total. The van der Waals surface area contributed by atoms with Gasteiger partial charge in [0.05, 0.1) is 72.1 Å². The van der Waals surface area contributed by atoms with Crippen molar-refractivity contribution in [2.75, 3.05) is 0 Å². The highest BCUT2D eigenvalue weighted by atomic mass is 16.3. The fourth-order valence-corrected chi connectivity index (χ4v) is 9.56. The Morgan fingerprint density at radius 3 is 1.52 bits per heavy atom. The normalized spacial score (nSPS) is 15.6. The molecule has 14 aromatic rings. The maximum absolute atomic E-state index is 9.53. The summed E-state index contributed by atoms with van der Waals surface area (Å²) in [6.45, 7) is 0. The van der Waals surface area contributed by atoms with Crippen molar-refractivity contribution in [1.29, 1.82) is 0 Å². The van der Waals surface area contributed by atoms with Crippen molar-refractivity contribution in [3.63, 3.8) is 0 Å². The molecule has 0 fully saturated rings. The highest BCUT2D eigenvalue weighted by molar-refractivity contribution is 6.14. The molecule has 0 amide bonds. The minimum atomic E-state index is -0.675. The number of fused-ring (bicyclic) bond motifs is 12. The Morgan fingerprint density at radius 1 is 0.391 bits per heavy atom. The lowest BCUT2D eigenvalue weighted by Crippen LogP contribution is -2.06. The topological polar surface area (TPSA) is 40.8 Å². The largest absolute Gasteiger partial charge is 0.455 e. The van der Waals surface area contributed by atoms with Crippen LogP contribution in [0, 0.1) is 0 Å². The summed E-state index contributed by atoms with van der Waals surface area (Å²) in [4.78, 5) is 5.44. The van der Waals surface area contributed by atoms with Crippen LogP contribution in [-0.4, -0.2) is 18.7 Å². The minimum Gasteiger partial charge on any atom is -0.455 e. The van der Waals surface area contributed by atoms with Gasteiger partial charge in [-0.05, 0) is 60.1 Å². The van der Waals surface area contributed by atoms with E-state index in [9.17, 15) is 11.0 Å². The zero-order valence-corrected chi connectivity index (χ0v) is 33.2. The molecule has 0 aliphatic rings. The van der Waals surface area contributed by atoms with E-state index < -0.39 is 96.7 Å². The summed E-state index contributed by atoms with van der Waals surface area (Å²) in [5.74, 6) is -0.200. The van der Waals surface area contributed by atoms with Crippen molar-refractivity contribution in [1.82, 2.24) is 18.7 Å². The van der Waals surface area contributed by atoms with Crippen LogP contribution in [0.4, 0.5) is 0 Å². The third-order valence-corrected chi connectivity index (χ3v) is 12.2. The molecule has 0 saturated carbocycles. The Morgan fingerprint density at radius 2 is 0.891 bits per heavy atom. The first-order valence-electron chi connectivity index (χ1n) is 28.5. The number of hydrogen-bond acceptors (Lipinski definition) is 2. The van der Waals surface area contributed by atoms with Crippen LogP contribution in [0.2, 0.25) is 0 Å². The highest BCUT2D eigenvalue weighted by Gasteiger charge is 2.25. The lowest BCUT2D eigenvalue weighted by Gasteiger charge is -2.20. The van der Waals surface area contributed by atoms with E-state index >= 15 is 0 Å². The first kappa shape index (κ1) is 23.0. The molecule has 5 nitrogen and oxygen atoms in total. The summed E-state index contributed by atoms with van der Waals surface area (Å²) in [5.41, 5.74) is 4.01. The minimum absolute atomic E-state index is 0.0124. The first-order chi connectivity index (χ1) is 38.4. The van der Waals surface area contributed by atoms with E-state index in [4.69, 9.17) is 20.4 Å². The number of aromatic nitrogens is 4. The van der Waals surface area contributed by atoms with Crippen LogP contribution in [0.25, 0.3) is 127 Å². The summed E-state index contributed by atoms with van der Waals surface area (Å²) >= 11 is 0. The van der Waals surface area contributed by atoms with Gasteiger partial charge in [-0.3, -0.25) is 4.57 Å². The fraction of sp³-hybridized carbons (Fsp3) is 0. The quantitative estimate of drug-likeness (QED) is 0.173. The molecule has 0 saturated heterocycles. The van der Waals surface area contributed by atoms with Crippen molar-refractivity contribution < 1.29 is 26.3 Å². The van der Waals surface area contributed by atoms with E-state index in [-0.39, 0.29) is 60.8 Å². The van der Waals surface area contributed by atoms with Crippen LogP contribution in [0.1, 0.15) is 21.9 Å². The van der Waals surface area contributed by atoms with E-state index in [0.29, 0.717) is 33.5 Å². The molecule has 5 heteroatoms. The molecule has 5 heterocycles. The summed E-state index contributed by atoms with van der Waals surface area (Å²) in [7, 11) is 0. The van der Waals surface area contributed by atoms with Crippen LogP contribution in [-0.2, 0) is 0 Å². The average Bonchev–Trinajstić information content (AvgIpc) is 3.72. The second-order valence-electron chi connectivity index (χ2n) is 15.5. The van der Waals surface area contributed by atoms with Gasteiger partial charge in [0.2, 0.25) is 0 Å². The SMILES string of the molecule is [2H]c1c([2H])c([2H])c2c(c1[2H])c1c([2H])c([2H])c([2H])c([2H])c1n2-c1cc(-c2c(-c3cccc4c3oc3ccccc34)cccc2-n2c3ccccc3c3ccccc32)nc(-n2c3c([2H])c([2H])c([2H])c([2H])c3c3c([2H])c([2H])c([2H])c([2H])c32)c1. The number of rotatable bonds is 5. The first-order valence-corrected chi connectivity index (χ1v) is 20.5. The lowest BCUT2D eigenvalue weighted by atomic mass is 9.93. The Kier molecular flexibility index (Phi) is 4.81. The average molecular weight is 833 g/mol. The lowest BCUT2D eigenvalue weighted by molar-refractivity contribution is 0.670. The van der Waals surface area contributed by atoms with Gasteiger partial charge in [0.1, 0.15) is 17.0 Å². The zero-order valence-electron chi connectivity index (χ0n) is 49.2. The van der Waals surface area contributed by atoms with Crippen LogP contribution in [0.5, 0.6) is 0 Å². The molecule has 0 aliphatic carbocycles. The van der Waals surface area contributed by atoms with Gasteiger partial charge >= 0.3 is 0 Å². The zero-order chi connectivity index (χ0) is 55.8. The molecule has 0 aliphatic heterocycles. The van der Waals surface area contributed by atoms with Gasteiger partial charge in [-0.25, -0.2) is 4.98 Å². The molecule has 0 radical (unpaired) electrons. The van der Waals surface area contributed by atoms with Crippen LogP contribution in [0.15, 0.2) is 222 Å². The Bertz CT molecular complexity index is 4780. The number of hydrogen-bond donors (Lipinski definition) is 0. The summed E-state index contributed by atoms with van der Waals surface area (Å²) in [6, 6.07) is 27.8. The van der Waals surface area contributed by atoms with Gasteiger partial charge in [0, 0.05) is 60.3 Å². The second-order valence-corrected chi connectivity index (χ2v) is 15.5. The van der Waals surface area contributed by atoms with E-state index in [0.717, 1.165) is 32.6 Å². The molecule has 64 heavy (non-hydrogen) atoms. The molecule has 0 atom stereocenters. The predicted molar refractivity (Wildman–Crippen MR) is 265 cm³/mol.